The third-order valence-corrected chi connectivity index (χ3v) is 5.27. The van der Waals surface area contributed by atoms with Crippen LogP contribution >= 0.6 is 0 Å². The van der Waals surface area contributed by atoms with E-state index in [9.17, 15) is 29.1 Å². The van der Waals surface area contributed by atoms with Gasteiger partial charge in [-0.3, -0.25) is 19.2 Å². The van der Waals surface area contributed by atoms with Crippen molar-refractivity contribution in [2.75, 3.05) is 6.54 Å². The van der Waals surface area contributed by atoms with Gasteiger partial charge in [-0.25, -0.2) is 9.78 Å². The van der Waals surface area contributed by atoms with E-state index in [1.54, 1.807) is 0 Å². The number of carbonyl (C=O) groups excluding carboxylic acids is 4. The number of nitrogens with one attached hydrogen (secondary N) is 4. The molecule has 0 spiro atoms. The van der Waals surface area contributed by atoms with Crippen LogP contribution < -0.4 is 33.2 Å². The lowest BCUT2D eigenvalue weighted by Crippen LogP contribution is -2.58. The van der Waals surface area contributed by atoms with Gasteiger partial charge in [-0.2, -0.15) is 0 Å². The Bertz CT molecular complexity index is 876. The number of hydrogen-bond acceptors (Lipinski definition) is 8. The molecule has 0 saturated carbocycles. The second-order valence-electron chi connectivity index (χ2n) is 8.99. The van der Waals surface area contributed by atoms with Crippen LogP contribution in [0.15, 0.2) is 12.5 Å². The van der Waals surface area contributed by atoms with Crippen LogP contribution in [0.2, 0.25) is 0 Å². The van der Waals surface area contributed by atoms with Crippen LogP contribution in [0.3, 0.4) is 0 Å². The van der Waals surface area contributed by atoms with Crippen LogP contribution in [0, 0.1) is 5.92 Å². The minimum Gasteiger partial charge on any atom is -0.480 e. The number of aromatic nitrogens is 2. The topological polar surface area (TPSA) is 248 Å². The van der Waals surface area contributed by atoms with Gasteiger partial charge in [-0.1, -0.05) is 13.8 Å². The molecule has 36 heavy (non-hydrogen) atoms. The molecule has 4 unspecified atom stereocenters. The minimum absolute atomic E-state index is 0.00953. The lowest BCUT2D eigenvalue weighted by molar-refractivity contribution is -0.142. The Hall–Kier alpha value is -3.52. The average molecular weight is 511 g/mol. The lowest BCUT2D eigenvalue weighted by Gasteiger charge is -2.25. The van der Waals surface area contributed by atoms with Crippen molar-refractivity contribution in [3.8, 4) is 0 Å². The molecular formula is C22H38N8O6. The number of rotatable bonds is 17. The number of unbranched alkanes of at least 4 members (excludes halogenated alkanes) is 1. The van der Waals surface area contributed by atoms with Crippen molar-refractivity contribution in [2.45, 2.75) is 76.5 Å². The summed E-state index contributed by atoms with van der Waals surface area (Å²) in [6.07, 6.45) is 3.93. The van der Waals surface area contributed by atoms with E-state index < -0.39 is 60.2 Å². The minimum atomic E-state index is -1.27. The number of H-pyrrole nitrogens is 1. The predicted octanol–water partition coefficient (Wildman–Crippen LogP) is -2.13. The summed E-state index contributed by atoms with van der Waals surface area (Å²) in [6, 6.07) is -4.64. The van der Waals surface area contributed by atoms with Crippen molar-refractivity contribution in [1.82, 2.24) is 25.9 Å². The summed E-state index contributed by atoms with van der Waals surface area (Å²) in [5, 5.41) is 17.0. The van der Waals surface area contributed by atoms with Gasteiger partial charge in [-0.15, -0.1) is 0 Å². The fourth-order valence-corrected chi connectivity index (χ4v) is 3.41. The average Bonchev–Trinajstić information content (AvgIpc) is 3.29. The number of nitrogens with two attached hydrogens (primary N) is 3. The Kier molecular flexibility index (Phi) is 13.1. The molecule has 0 bridgehead atoms. The highest BCUT2D eigenvalue weighted by molar-refractivity contribution is 5.95. The maximum Gasteiger partial charge on any atom is 0.326 e. The molecule has 1 aromatic rings. The highest BCUT2D eigenvalue weighted by atomic mass is 16.4. The summed E-state index contributed by atoms with van der Waals surface area (Å²) >= 11 is 0. The number of carboxylic acid groups (broad SMARTS) is 1. The summed E-state index contributed by atoms with van der Waals surface area (Å²) in [4.78, 5) is 68.0. The molecule has 14 heteroatoms. The van der Waals surface area contributed by atoms with Gasteiger partial charge in [0.05, 0.1) is 18.8 Å². The van der Waals surface area contributed by atoms with Crippen molar-refractivity contribution >= 4 is 29.6 Å². The van der Waals surface area contributed by atoms with E-state index in [4.69, 9.17) is 17.2 Å². The monoisotopic (exact) mass is 510 g/mol. The molecule has 11 N–H and O–H groups in total. The summed E-state index contributed by atoms with van der Waals surface area (Å²) in [5.41, 5.74) is 16.9. The fourth-order valence-electron chi connectivity index (χ4n) is 3.41. The first-order valence-corrected chi connectivity index (χ1v) is 11.8. The maximum absolute atomic E-state index is 13.2. The van der Waals surface area contributed by atoms with Gasteiger partial charge in [0.2, 0.25) is 23.6 Å². The van der Waals surface area contributed by atoms with E-state index in [1.807, 2.05) is 13.8 Å². The number of primary amides is 1. The third-order valence-electron chi connectivity index (χ3n) is 5.27. The highest BCUT2D eigenvalue weighted by Crippen LogP contribution is 2.08. The normalized spacial score (nSPS) is 14.4. The fraction of sp³-hybridized carbons (Fsp3) is 0.636. The van der Waals surface area contributed by atoms with Gasteiger partial charge in [-0.05, 0) is 38.1 Å². The van der Waals surface area contributed by atoms with Crippen LogP contribution in [0.5, 0.6) is 0 Å². The molecule has 0 aliphatic carbocycles. The molecule has 0 aromatic carbocycles. The SMILES string of the molecule is CC(C)CC(NC(=O)C(CCCCN)NC(=O)C(Cc1cnc[nH]1)NC(=O)C(N)CC(N)=O)C(=O)O. The van der Waals surface area contributed by atoms with Gasteiger partial charge in [0, 0.05) is 18.3 Å². The molecule has 0 saturated heterocycles. The molecule has 202 valence electrons. The van der Waals surface area contributed by atoms with Gasteiger partial charge in [0.25, 0.3) is 0 Å². The van der Waals surface area contributed by atoms with E-state index in [-0.39, 0.29) is 25.2 Å². The number of carboxylic acids is 1. The first-order valence-electron chi connectivity index (χ1n) is 11.8. The first kappa shape index (κ1) is 30.5. The van der Waals surface area contributed by atoms with Crippen LogP contribution in [0.4, 0.5) is 0 Å². The second-order valence-corrected chi connectivity index (χ2v) is 8.99. The number of nitrogens with zero attached hydrogens (tertiary/aromatic N) is 1. The summed E-state index contributed by atoms with van der Waals surface area (Å²) < 4.78 is 0. The molecule has 0 radical (unpaired) electrons. The largest absolute Gasteiger partial charge is 0.480 e. The van der Waals surface area contributed by atoms with Gasteiger partial charge in [0.15, 0.2) is 0 Å². The zero-order valence-corrected chi connectivity index (χ0v) is 20.7. The van der Waals surface area contributed by atoms with E-state index in [0.29, 0.717) is 25.1 Å². The van der Waals surface area contributed by atoms with Gasteiger partial charge in [0.1, 0.15) is 18.1 Å². The van der Waals surface area contributed by atoms with Crippen molar-refractivity contribution < 1.29 is 29.1 Å². The van der Waals surface area contributed by atoms with E-state index in [0.717, 1.165) is 0 Å². The zero-order chi connectivity index (χ0) is 27.3. The first-order chi connectivity index (χ1) is 16.9. The maximum atomic E-state index is 13.2. The Morgan fingerprint density at radius 2 is 1.61 bits per heavy atom. The standard InChI is InChI=1S/C22H38N8O6/c1-12(2)7-17(22(35)36)30-20(33)15(5-3-4-6-23)28-21(34)16(8-13-10-26-11-27-13)29-19(32)14(24)9-18(25)31/h10-12,14-17H,3-9,23-24H2,1-2H3,(H2,25,31)(H,26,27)(H,28,34)(H,29,32)(H,30,33)(H,35,36). The Balaban J connectivity index is 3.05. The molecule has 0 fully saturated rings. The van der Waals surface area contributed by atoms with E-state index in [1.165, 1.54) is 12.5 Å². The van der Waals surface area contributed by atoms with Crippen molar-refractivity contribution in [3.05, 3.63) is 18.2 Å². The van der Waals surface area contributed by atoms with Crippen molar-refractivity contribution in [2.24, 2.45) is 23.1 Å². The van der Waals surface area contributed by atoms with Gasteiger partial charge >= 0.3 is 5.97 Å². The van der Waals surface area contributed by atoms with Crippen molar-refractivity contribution in [3.63, 3.8) is 0 Å². The zero-order valence-electron chi connectivity index (χ0n) is 20.7. The summed E-state index contributed by atoms with van der Waals surface area (Å²) in [5.74, 6) is -4.09. The molecule has 4 atom stereocenters. The number of amides is 4. The molecular weight excluding hydrogens is 472 g/mol. The quantitative estimate of drug-likeness (QED) is 0.106. The predicted molar refractivity (Wildman–Crippen MR) is 130 cm³/mol. The third kappa shape index (κ3) is 11.3. The van der Waals surface area contributed by atoms with Crippen LogP contribution in [0.25, 0.3) is 0 Å². The van der Waals surface area contributed by atoms with Crippen LogP contribution in [0.1, 0.15) is 51.6 Å². The highest BCUT2D eigenvalue weighted by Gasteiger charge is 2.31. The van der Waals surface area contributed by atoms with E-state index >= 15 is 0 Å². The molecule has 0 aliphatic heterocycles. The number of aromatic amines is 1. The molecule has 1 rings (SSSR count). The second kappa shape index (κ2) is 15.5. The Labute approximate surface area is 209 Å². The number of imidazole rings is 1. The molecule has 1 heterocycles. The lowest BCUT2D eigenvalue weighted by atomic mass is 10.0. The number of hydrogen-bond donors (Lipinski definition) is 8. The van der Waals surface area contributed by atoms with Crippen molar-refractivity contribution in [1.29, 1.82) is 0 Å². The smallest absolute Gasteiger partial charge is 0.326 e. The molecule has 0 aliphatic rings. The number of carbonyl (C=O) groups is 5. The van der Waals surface area contributed by atoms with Gasteiger partial charge < -0.3 is 43.2 Å². The molecule has 4 amide bonds. The van der Waals surface area contributed by atoms with E-state index in [2.05, 4.69) is 25.9 Å². The summed E-state index contributed by atoms with van der Waals surface area (Å²) in [7, 11) is 0. The Morgan fingerprint density at radius 1 is 1.00 bits per heavy atom. The summed E-state index contributed by atoms with van der Waals surface area (Å²) in [6.45, 7) is 4.03. The van der Waals surface area contributed by atoms with Crippen LogP contribution in [-0.4, -0.2) is 75.4 Å². The molecule has 1 aromatic heterocycles. The Morgan fingerprint density at radius 3 is 2.14 bits per heavy atom. The number of aliphatic carboxylic acids is 1. The van der Waals surface area contributed by atoms with Crippen LogP contribution in [-0.2, 0) is 30.4 Å². The molecule has 14 nitrogen and oxygen atoms in total.